The van der Waals surface area contributed by atoms with Crippen LogP contribution in [0.2, 0.25) is 0 Å². The van der Waals surface area contributed by atoms with E-state index in [-0.39, 0.29) is 11.9 Å². The Balaban J connectivity index is 2.26. The van der Waals surface area contributed by atoms with Gasteiger partial charge >= 0.3 is 0 Å². The van der Waals surface area contributed by atoms with Gasteiger partial charge in [-0.15, -0.1) is 0 Å². The van der Waals surface area contributed by atoms with E-state index in [1.807, 2.05) is 50.2 Å². The standard InChI is InChI=1S/C18H24N2O2/c1-5-6-9-17(15-8-7-10-19-12-15)20(4)18(21)16-11-13(2)22-14(16)3/h7-8,10-12,17H,5-6,9H2,1-4H3. The van der Waals surface area contributed by atoms with Crippen molar-refractivity contribution in [1.82, 2.24) is 9.88 Å². The van der Waals surface area contributed by atoms with Crippen LogP contribution >= 0.6 is 0 Å². The summed E-state index contributed by atoms with van der Waals surface area (Å²) in [7, 11) is 1.86. The average molecular weight is 300 g/mol. The average Bonchev–Trinajstić information content (AvgIpc) is 2.86. The van der Waals surface area contributed by atoms with Gasteiger partial charge in [0.1, 0.15) is 11.5 Å². The molecule has 0 aliphatic carbocycles. The highest BCUT2D eigenvalue weighted by atomic mass is 16.3. The number of carbonyl (C=O) groups is 1. The summed E-state index contributed by atoms with van der Waals surface area (Å²) in [6.07, 6.45) is 6.70. The van der Waals surface area contributed by atoms with Gasteiger partial charge < -0.3 is 9.32 Å². The first-order valence-electron chi connectivity index (χ1n) is 7.78. The molecule has 1 amide bonds. The van der Waals surface area contributed by atoms with Crippen molar-refractivity contribution < 1.29 is 9.21 Å². The molecule has 0 spiro atoms. The molecule has 22 heavy (non-hydrogen) atoms. The van der Waals surface area contributed by atoms with E-state index >= 15 is 0 Å². The number of aryl methyl sites for hydroxylation is 2. The molecule has 2 aromatic rings. The van der Waals surface area contributed by atoms with Gasteiger partial charge in [-0.2, -0.15) is 0 Å². The molecule has 0 fully saturated rings. The van der Waals surface area contributed by atoms with Gasteiger partial charge in [-0.05, 0) is 38.0 Å². The number of hydrogen-bond donors (Lipinski definition) is 0. The summed E-state index contributed by atoms with van der Waals surface area (Å²) in [6.45, 7) is 5.85. The molecule has 4 nitrogen and oxygen atoms in total. The van der Waals surface area contributed by atoms with Crippen LogP contribution in [0, 0.1) is 13.8 Å². The van der Waals surface area contributed by atoms with E-state index in [1.54, 1.807) is 6.20 Å². The van der Waals surface area contributed by atoms with Gasteiger partial charge in [0, 0.05) is 19.4 Å². The summed E-state index contributed by atoms with van der Waals surface area (Å²) in [4.78, 5) is 18.8. The van der Waals surface area contributed by atoms with Crippen molar-refractivity contribution in [3.63, 3.8) is 0 Å². The molecule has 0 N–H and O–H groups in total. The van der Waals surface area contributed by atoms with Crippen molar-refractivity contribution in [3.8, 4) is 0 Å². The van der Waals surface area contributed by atoms with E-state index in [4.69, 9.17) is 4.42 Å². The normalized spacial score (nSPS) is 12.2. The van der Waals surface area contributed by atoms with Crippen molar-refractivity contribution in [1.29, 1.82) is 0 Å². The lowest BCUT2D eigenvalue weighted by molar-refractivity contribution is 0.0718. The van der Waals surface area contributed by atoms with Crippen LogP contribution in [0.1, 0.15) is 59.7 Å². The summed E-state index contributed by atoms with van der Waals surface area (Å²) in [5.74, 6) is 1.44. The first-order chi connectivity index (χ1) is 10.5. The predicted octanol–water partition coefficient (Wildman–Crippen LogP) is 4.29. The Morgan fingerprint density at radius 1 is 1.41 bits per heavy atom. The molecule has 0 aromatic carbocycles. The van der Waals surface area contributed by atoms with Gasteiger partial charge in [-0.1, -0.05) is 25.8 Å². The number of pyridine rings is 1. The second kappa shape index (κ2) is 7.25. The van der Waals surface area contributed by atoms with Crippen LogP contribution in [0.4, 0.5) is 0 Å². The first kappa shape index (κ1) is 16.3. The van der Waals surface area contributed by atoms with Gasteiger partial charge in [0.25, 0.3) is 5.91 Å². The summed E-state index contributed by atoms with van der Waals surface area (Å²) in [5.41, 5.74) is 1.72. The second-order valence-corrected chi connectivity index (χ2v) is 5.69. The Kier molecular flexibility index (Phi) is 5.36. The molecule has 1 atom stereocenters. The van der Waals surface area contributed by atoms with Crippen LogP contribution in [0.15, 0.2) is 35.0 Å². The summed E-state index contributed by atoms with van der Waals surface area (Å²) >= 11 is 0. The number of hydrogen-bond acceptors (Lipinski definition) is 3. The highest BCUT2D eigenvalue weighted by Crippen LogP contribution is 2.27. The van der Waals surface area contributed by atoms with E-state index in [0.29, 0.717) is 11.3 Å². The number of rotatable bonds is 6. The van der Waals surface area contributed by atoms with Crippen LogP contribution in [-0.4, -0.2) is 22.8 Å². The number of unbranched alkanes of at least 4 members (excludes halogenated alkanes) is 1. The largest absolute Gasteiger partial charge is 0.466 e. The molecule has 4 heteroatoms. The quantitative estimate of drug-likeness (QED) is 0.799. The lowest BCUT2D eigenvalue weighted by atomic mass is 10.0. The van der Waals surface area contributed by atoms with Crippen LogP contribution < -0.4 is 0 Å². The number of amides is 1. The van der Waals surface area contributed by atoms with Crippen LogP contribution in [0.25, 0.3) is 0 Å². The van der Waals surface area contributed by atoms with Crippen LogP contribution in [0.3, 0.4) is 0 Å². The molecular weight excluding hydrogens is 276 g/mol. The van der Waals surface area contributed by atoms with Crippen molar-refractivity contribution in [2.24, 2.45) is 0 Å². The smallest absolute Gasteiger partial charge is 0.257 e. The topological polar surface area (TPSA) is 46.3 Å². The monoisotopic (exact) mass is 300 g/mol. The molecule has 0 aliphatic heterocycles. The minimum Gasteiger partial charge on any atom is -0.466 e. The summed E-state index contributed by atoms with van der Waals surface area (Å²) < 4.78 is 5.49. The molecule has 0 saturated heterocycles. The van der Waals surface area contributed by atoms with E-state index in [1.165, 1.54) is 0 Å². The fourth-order valence-corrected chi connectivity index (χ4v) is 2.73. The van der Waals surface area contributed by atoms with Crippen LogP contribution in [-0.2, 0) is 0 Å². The maximum absolute atomic E-state index is 12.8. The lowest BCUT2D eigenvalue weighted by Crippen LogP contribution is -2.31. The number of furan rings is 1. The molecule has 0 bridgehead atoms. The Morgan fingerprint density at radius 2 is 2.18 bits per heavy atom. The van der Waals surface area contributed by atoms with Gasteiger partial charge in [0.2, 0.25) is 0 Å². The number of nitrogens with zero attached hydrogens (tertiary/aromatic N) is 2. The number of carbonyl (C=O) groups excluding carboxylic acids is 1. The zero-order valence-corrected chi connectivity index (χ0v) is 13.8. The zero-order valence-electron chi connectivity index (χ0n) is 13.8. The van der Waals surface area contributed by atoms with Crippen LogP contribution in [0.5, 0.6) is 0 Å². The van der Waals surface area contributed by atoms with E-state index in [0.717, 1.165) is 30.6 Å². The Morgan fingerprint density at radius 3 is 2.73 bits per heavy atom. The molecule has 0 radical (unpaired) electrons. The SMILES string of the molecule is CCCCC(c1cccnc1)N(C)C(=O)c1cc(C)oc1C. The lowest BCUT2D eigenvalue weighted by Gasteiger charge is -2.28. The predicted molar refractivity (Wildman–Crippen MR) is 86.8 cm³/mol. The maximum atomic E-state index is 12.8. The van der Waals surface area contributed by atoms with Gasteiger partial charge in [0.15, 0.2) is 0 Å². The minimum absolute atomic E-state index is 0.000642. The third kappa shape index (κ3) is 3.56. The highest BCUT2D eigenvalue weighted by molar-refractivity contribution is 5.95. The third-order valence-corrected chi connectivity index (χ3v) is 3.96. The molecule has 0 saturated carbocycles. The molecular formula is C18H24N2O2. The Bertz CT molecular complexity index is 619. The minimum atomic E-state index is -0.000642. The molecule has 2 aromatic heterocycles. The van der Waals surface area contributed by atoms with Gasteiger partial charge in [-0.25, -0.2) is 0 Å². The Hall–Kier alpha value is -2.10. The third-order valence-electron chi connectivity index (χ3n) is 3.96. The van der Waals surface area contributed by atoms with E-state index < -0.39 is 0 Å². The van der Waals surface area contributed by atoms with Crippen molar-refractivity contribution in [2.45, 2.75) is 46.1 Å². The zero-order chi connectivity index (χ0) is 16.1. The summed E-state index contributed by atoms with van der Waals surface area (Å²) in [6, 6.07) is 5.80. The molecule has 1 unspecified atom stereocenters. The van der Waals surface area contributed by atoms with Crippen molar-refractivity contribution >= 4 is 5.91 Å². The fourth-order valence-electron chi connectivity index (χ4n) is 2.73. The maximum Gasteiger partial charge on any atom is 0.257 e. The number of aromatic nitrogens is 1. The fraction of sp³-hybridized carbons (Fsp3) is 0.444. The molecule has 0 aliphatic rings. The van der Waals surface area contributed by atoms with E-state index in [2.05, 4.69) is 11.9 Å². The second-order valence-electron chi connectivity index (χ2n) is 5.69. The Labute approximate surface area is 132 Å². The van der Waals surface area contributed by atoms with Gasteiger partial charge in [0.05, 0.1) is 11.6 Å². The summed E-state index contributed by atoms with van der Waals surface area (Å²) in [5, 5.41) is 0. The van der Waals surface area contributed by atoms with Crippen molar-refractivity contribution in [2.75, 3.05) is 7.05 Å². The van der Waals surface area contributed by atoms with Crippen molar-refractivity contribution in [3.05, 3.63) is 53.2 Å². The molecule has 2 heterocycles. The van der Waals surface area contributed by atoms with E-state index in [9.17, 15) is 4.79 Å². The first-order valence-corrected chi connectivity index (χ1v) is 7.78. The van der Waals surface area contributed by atoms with Gasteiger partial charge in [-0.3, -0.25) is 9.78 Å². The molecule has 2 rings (SSSR count). The molecule has 118 valence electrons. The highest BCUT2D eigenvalue weighted by Gasteiger charge is 2.25.